The maximum atomic E-state index is 11.9. The third-order valence-electron chi connectivity index (χ3n) is 3.37. The number of halogens is 2. The summed E-state index contributed by atoms with van der Waals surface area (Å²) in [6, 6.07) is 11.1. The van der Waals surface area contributed by atoms with Crippen LogP contribution in [0, 0.1) is 0 Å². The molecule has 0 fully saturated rings. The molecule has 0 radical (unpaired) electrons. The van der Waals surface area contributed by atoms with Gasteiger partial charge in [0, 0.05) is 6.54 Å². The molecule has 2 aromatic rings. The van der Waals surface area contributed by atoms with E-state index in [0.717, 1.165) is 5.56 Å². The van der Waals surface area contributed by atoms with Crippen LogP contribution in [0.4, 0.5) is 0 Å². The maximum Gasteiger partial charge on any atom is 0.340 e. The van der Waals surface area contributed by atoms with Crippen molar-refractivity contribution in [3.63, 3.8) is 0 Å². The highest BCUT2D eigenvalue weighted by Gasteiger charge is 2.15. The number of ether oxygens (including phenoxy) is 2. The van der Waals surface area contributed by atoms with E-state index in [-0.39, 0.29) is 22.2 Å². The third-order valence-corrected chi connectivity index (χ3v) is 4.19. The summed E-state index contributed by atoms with van der Waals surface area (Å²) >= 11 is 11.8. The lowest BCUT2D eigenvalue weighted by Crippen LogP contribution is -2.28. The normalized spacial score (nSPS) is 10.1. The van der Waals surface area contributed by atoms with Crippen molar-refractivity contribution in [2.45, 2.75) is 6.54 Å². The van der Waals surface area contributed by atoms with Crippen LogP contribution in [0.25, 0.3) is 0 Å². The molecule has 0 atom stereocenters. The quantitative estimate of drug-likeness (QED) is 0.759. The Bertz CT molecular complexity index is 821. The molecule has 26 heavy (non-hydrogen) atoms. The van der Waals surface area contributed by atoms with E-state index in [1.54, 1.807) is 36.4 Å². The van der Waals surface area contributed by atoms with Crippen LogP contribution < -0.4 is 5.32 Å². The average Bonchev–Trinajstić information content (AvgIpc) is 2.66. The van der Waals surface area contributed by atoms with Gasteiger partial charge in [0.2, 0.25) is 0 Å². The number of hydrogen-bond acceptors (Lipinski definition) is 5. The summed E-state index contributed by atoms with van der Waals surface area (Å²) in [5, 5.41) is 2.90. The van der Waals surface area contributed by atoms with Crippen molar-refractivity contribution in [2.24, 2.45) is 0 Å². The summed E-state index contributed by atoms with van der Waals surface area (Å²) < 4.78 is 9.53. The first-order chi connectivity index (χ1) is 12.4. The Balaban J connectivity index is 1.82. The molecule has 0 saturated carbocycles. The van der Waals surface area contributed by atoms with Gasteiger partial charge in [0.05, 0.1) is 28.3 Å². The highest BCUT2D eigenvalue weighted by molar-refractivity contribution is 6.43. The Morgan fingerprint density at radius 1 is 1.00 bits per heavy atom. The molecule has 0 bridgehead atoms. The van der Waals surface area contributed by atoms with Crippen LogP contribution in [0.2, 0.25) is 10.0 Å². The van der Waals surface area contributed by atoms with E-state index in [1.807, 2.05) is 0 Å². The summed E-state index contributed by atoms with van der Waals surface area (Å²) in [7, 11) is 1.30. The number of nitrogens with one attached hydrogen (secondary N) is 1. The van der Waals surface area contributed by atoms with Crippen LogP contribution in [0.1, 0.15) is 26.3 Å². The van der Waals surface area contributed by atoms with E-state index in [9.17, 15) is 14.4 Å². The van der Waals surface area contributed by atoms with Crippen LogP contribution >= 0.6 is 23.2 Å². The van der Waals surface area contributed by atoms with Crippen LogP contribution in [0.3, 0.4) is 0 Å². The number of hydrogen-bond donors (Lipinski definition) is 1. The summed E-state index contributed by atoms with van der Waals surface area (Å²) in [6.07, 6.45) is 0. The minimum absolute atomic E-state index is 0.0743. The van der Waals surface area contributed by atoms with Crippen LogP contribution in [0.15, 0.2) is 42.5 Å². The van der Waals surface area contributed by atoms with Gasteiger partial charge in [-0.25, -0.2) is 9.59 Å². The van der Waals surface area contributed by atoms with Crippen molar-refractivity contribution in [3.8, 4) is 0 Å². The molecule has 2 aromatic carbocycles. The maximum absolute atomic E-state index is 11.9. The zero-order chi connectivity index (χ0) is 19.1. The second-order valence-electron chi connectivity index (χ2n) is 5.14. The second kappa shape index (κ2) is 9.22. The van der Waals surface area contributed by atoms with Gasteiger partial charge >= 0.3 is 11.9 Å². The first-order valence-electron chi connectivity index (χ1n) is 7.47. The number of methoxy groups -OCH3 is 1. The van der Waals surface area contributed by atoms with Crippen molar-refractivity contribution in [3.05, 3.63) is 69.2 Å². The van der Waals surface area contributed by atoms with Gasteiger partial charge in [0.25, 0.3) is 5.91 Å². The lowest BCUT2D eigenvalue weighted by molar-refractivity contribution is -0.124. The zero-order valence-electron chi connectivity index (χ0n) is 13.8. The van der Waals surface area contributed by atoms with E-state index < -0.39 is 24.5 Å². The predicted molar refractivity (Wildman–Crippen MR) is 96.4 cm³/mol. The van der Waals surface area contributed by atoms with Crippen LogP contribution in [-0.2, 0) is 20.8 Å². The standard InChI is InChI=1S/C18H15Cl2NO5/c1-25-17(23)12-7-5-11(6-8-12)9-21-15(22)10-26-18(24)13-3-2-4-14(19)16(13)20/h2-8H,9-10H2,1H3,(H,21,22). The molecule has 0 aliphatic rings. The second-order valence-corrected chi connectivity index (χ2v) is 5.93. The van der Waals surface area contributed by atoms with Crippen molar-refractivity contribution in [2.75, 3.05) is 13.7 Å². The largest absolute Gasteiger partial charge is 0.465 e. The molecule has 136 valence electrons. The Morgan fingerprint density at radius 3 is 2.35 bits per heavy atom. The highest BCUT2D eigenvalue weighted by Crippen LogP contribution is 2.25. The Labute approximate surface area is 160 Å². The highest BCUT2D eigenvalue weighted by atomic mass is 35.5. The van der Waals surface area contributed by atoms with Gasteiger partial charge in [-0.2, -0.15) is 0 Å². The van der Waals surface area contributed by atoms with Gasteiger partial charge in [-0.3, -0.25) is 4.79 Å². The monoisotopic (exact) mass is 395 g/mol. The van der Waals surface area contributed by atoms with Gasteiger partial charge in [-0.1, -0.05) is 41.4 Å². The van der Waals surface area contributed by atoms with Crippen molar-refractivity contribution < 1.29 is 23.9 Å². The predicted octanol–water partition coefficient (Wildman–Crippen LogP) is 3.25. The van der Waals surface area contributed by atoms with E-state index in [4.69, 9.17) is 27.9 Å². The van der Waals surface area contributed by atoms with Gasteiger partial charge < -0.3 is 14.8 Å². The van der Waals surface area contributed by atoms with E-state index in [1.165, 1.54) is 13.2 Å². The molecule has 0 heterocycles. The lowest BCUT2D eigenvalue weighted by Gasteiger charge is -2.08. The minimum atomic E-state index is -0.741. The number of benzene rings is 2. The van der Waals surface area contributed by atoms with Gasteiger partial charge in [-0.05, 0) is 29.8 Å². The summed E-state index contributed by atoms with van der Waals surface area (Å²) in [5.74, 6) is -1.66. The Kier molecular flexibility index (Phi) is 7.00. The number of carbonyl (C=O) groups is 3. The van der Waals surface area contributed by atoms with Gasteiger partial charge in [0.1, 0.15) is 0 Å². The fourth-order valence-electron chi connectivity index (χ4n) is 2.00. The number of esters is 2. The zero-order valence-corrected chi connectivity index (χ0v) is 15.3. The molecule has 0 saturated heterocycles. The number of rotatable bonds is 6. The molecule has 0 aromatic heterocycles. The number of amides is 1. The first-order valence-corrected chi connectivity index (χ1v) is 8.23. The molecule has 0 aliphatic heterocycles. The summed E-state index contributed by atoms with van der Waals surface area (Å²) in [5.41, 5.74) is 1.27. The molecule has 0 aliphatic carbocycles. The molecule has 1 N–H and O–H groups in total. The molecule has 0 spiro atoms. The van der Waals surface area contributed by atoms with Crippen molar-refractivity contribution in [1.29, 1.82) is 0 Å². The first kappa shape index (κ1) is 19.8. The van der Waals surface area contributed by atoms with E-state index >= 15 is 0 Å². The van der Waals surface area contributed by atoms with E-state index in [0.29, 0.717) is 5.56 Å². The molecule has 0 unspecified atom stereocenters. The van der Waals surface area contributed by atoms with Crippen LogP contribution in [0.5, 0.6) is 0 Å². The fourth-order valence-corrected chi connectivity index (χ4v) is 2.38. The Morgan fingerprint density at radius 2 is 1.69 bits per heavy atom. The van der Waals surface area contributed by atoms with Crippen molar-refractivity contribution >= 4 is 41.0 Å². The smallest absolute Gasteiger partial charge is 0.340 e. The van der Waals surface area contributed by atoms with Crippen LogP contribution in [-0.4, -0.2) is 31.6 Å². The summed E-state index contributed by atoms with van der Waals surface area (Å²) in [4.78, 5) is 35.1. The minimum Gasteiger partial charge on any atom is -0.465 e. The van der Waals surface area contributed by atoms with Gasteiger partial charge in [0.15, 0.2) is 6.61 Å². The fraction of sp³-hybridized carbons (Fsp3) is 0.167. The lowest BCUT2D eigenvalue weighted by atomic mass is 10.1. The molecular formula is C18H15Cl2NO5. The SMILES string of the molecule is COC(=O)c1ccc(CNC(=O)COC(=O)c2cccc(Cl)c2Cl)cc1. The van der Waals surface area contributed by atoms with E-state index in [2.05, 4.69) is 10.1 Å². The van der Waals surface area contributed by atoms with Gasteiger partial charge in [-0.15, -0.1) is 0 Å². The molecule has 6 nitrogen and oxygen atoms in total. The Hall–Kier alpha value is -2.57. The molecular weight excluding hydrogens is 381 g/mol. The summed E-state index contributed by atoms with van der Waals surface area (Å²) in [6.45, 7) is -0.238. The topological polar surface area (TPSA) is 81.7 Å². The molecule has 8 heteroatoms. The molecule has 1 amide bonds. The van der Waals surface area contributed by atoms with Crippen molar-refractivity contribution in [1.82, 2.24) is 5.32 Å². The average molecular weight is 396 g/mol. The third kappa shape index (κ3) is 5.21. The molecule has 2 rings (SSSR count). The number of carbonyl (C=O) groups excluding carboxylic acids is 3.